The first kappa shape index (κ1) is 20.6. The molecule has 2 rings (SSSR count). The van der Waals surface area contributed by atoms with Crippen molar-refractivity contribution >= 4 is 63.0 Å². The van der Waals surface area contributed by atoms with Gasteiger partial charge in [-0.3, -0.25) is 0 Å². The molecule has 0 bridgehead atoms. The number of aryl methyl sites for hydroxylation is 1. The molecular formula is C12H7Cl4F4N3OS. The zero-order chi connectivity index (χ0) is 19.3. The molecule has 0 radical (unpaired) electrons. The Bertz CT molecular complexity index is 840. The molecule has 2 aromatic rings. The molecule has 0 amide bonds. The number of nitrogen functional groups attached to an aromatic ring is 1. The quantitative estimate of drug-likeness (QED) is 0.504. The summed E-state index contributed by atoms with van der Waals surface area (Å²) in [7, 11) is -2.62. The van der Waals surface area contributed by atoms with Gasteiger partial charge in [-0.05, 0) is 19.1 Å². The van der Waals surface area contributed by atoms with Crippen molar-refractivity contribution in [1.82, 2.24) is 9.78 Å². The molecule has 2 N–H and O–H groups in total. The number of rotatable bonds is 3. The lowest BCUT2D eigenvalue weighted by molar-refractivity contribution is -0.137. The molecule has 0 aliphatic heterocycles. The van der Waals surface area contributed by atoms with Gasteiger partial charge in [0.15, 0.2) is 0 Å². The van der Waals surface area contributed by atoms with Crippen LogP contribution in [0.5, 0.6) is 0 Å². The largest absolute Gasteiger partial charge is 0.416 e. The molecule has 25 heavy (non-hydrogen) atoms. The number of nitrogens with zero attached hydrogens (tertiary/aromatic N) is 2. The van der Waals surface area contributed by atoms with Gasteiger partial charge in [0.25, 0.3) is 0 Å². The Morgan fingerprint density at radius 1 is 1.16 bits per heavy atom. The number of benzene rings is 1. The molecule has 0 aliphatic rings. The fraction of sp³-hybridized carbons (Fsp3) is 0.250. The minimum atomic E-state index is -4.67. The predicted molar refractivity (Wildman–Crippen MR) is 89.7 cm³/mol. The number of hydrogen-bond acceptors (Lipinski definition) is 3. The molecule has 1 aromatic carbocycles. The Labute approximate surface area is 161 Å². The van der Waals surface area contributed by atoms with Crippen molar-refractivity contribution in [2.45, 2.75) is 21.9 Å². The van der Waals surface area contributed by atoms with E-state index in [-0.39, 0.29) is 22.1 Å². The summed E-state index contributed by atoms with van der Waals surface area (Å²) in [5.74, 6) is -0.386. The molecule has 13 heteroatoms. The highest BCUT2D eigenvalue weighted by Crippen LogP contribution is 2.40. The van der Waals surface area contributed by atoms with Crippen molar-refractivity contribution in [3.05, 3.63) is 33.4 Å². The van der Waals surface area contributed by atoms with Crippen LogP contribution in [0.1, 0.15) is 11.3 Å². The lowest BCUT2D eigenvalue weighted by Crippen LogP contribution is -2.15. The molecule has 0 aliphatic carbocycles. The number of aromatic nitrogens is 2. The van der Waals surface area contributed by atoms with E-state index in [4.69, 9.17) is 52.1 Å². The van der Waals surface area contributed by atoms with Crippen molar-refractivity contribution in [2.75, 3.05) is 5.73 Å². The van der Waals surface area contributed by atoms with E-state index in [1.54, 1.807) is 0 Å². The van der Waals surface area contributed by atoms with E-state index >= 15 is 0 Å². The zero-order valence-corrected chi connectivity index (χ0v) is 15.8. The third-order valence-electron chi connectivity index (χ3n) is 2.99. The molecule has 1 aromatic heterocycles. The van der Waals surface area contributed by atoms with Gasteiger partial charge in [-0.15, -0.1) is 0 Å². The van der Waals surface area contributed by atoms with E-state index in [9.17, 15) is 21.8 Å². The van der Waals surface area contributed by atoms with Crippen LogP contribution >= 0.6 is 46.4 Å². The van der Waals surface area contributed by atoms with Crippen LogP contribution in [0, 0.1) is 6.92 Å². The highest BCUT2D eigenvalue weighted by Gasteiger charge is 2.38. The van der Waals surface area contributed by atoms with Crippen molar-refractivity contribution in [1.29, 1.82) is 0 Å². The van der Waals surface area contributed by atoms with E-state index in [0.29, 0.717) is 12.1 Å². The van der Waals surface area contributed by atoms with Crippen LogP contribution in [-0.2, 0) is 17.0 Å². The van der Waals surface area contributed by atoms with Gasteiger partial charge in [-0.25, -0.2) is 8.89 Å². The molecule has 0 saturated heterocycles. The summed E-state index contributed by atoms with van der Waals surface area (Å²) in [5.41, 5.74) is 4.48. The smallest absolute Gasteiger partial charge is 0.383 e. The maximum atomic E-state index is 13.5. The summed E-state index contributed by atoms with van der Waals surface area (Å²) in [5, 5.41) is 3.05. The standard InChI is InChI=1S/C12H7Cl4F4N3OS/c1-4-9(25(24)12(15,16)20)10(21)23(22-4)8-6(13)2-5(3-7(8)14)11(17,18)19/h2-3H,21H2,1H3. The number of nitrogens with two attached hydrogens (primary N) is 1. The second kappa shape index (κ2) is 6.77. The zero-order valence-electron chi connectivity index (χ0n) is 12.0. The first-order chi connectivity index (χ1) is 11.2. The second-order valence-corrected chi connectivity index (χ2v) is 8.72. The monoisotopic (exact) mass is 457 g/mol. The van der Waals surface area contributed by atoms with Crippen molar-refractivity contribution in [3.63, 3.8) is 0 Å². The van der Waals surface area contributed by atoms with E-state index in [0.717, 1.165) is 4.68 Å². The summed E-state index contributed by atoms with van der Waals surface area (Å²) >= 11 is 22.1. The van der Waals surface area contributed by atoms with Gasteiger partial charge >= 0.3 is 10.1 Å². The van der Waals surface area contributed by atoms with Crippen molar-refractivity contribution < 1.29 is 21.8 Å². The first-order valence-electron chi connectivity index (χ1n) is 6.15. The minimum Gasteiger partial charge on any atom is -0.383 e. The normalized spacial score (nSPS) is 14.0. The summed E-state index contributed by atoms with van der Waals surface area (Å²) in [6, 6.07) is 1.25. The van der Waals surface area contributed by atoms with E-state index in [1.165, 1.54) is 6.92 Å². The Morgan fingerprint density at radius 2 is 1.64 bits per heavy atom. The second-order valence-electron chi connectivity index (χ2n) is 4.71. The number of anilines is 1. The fourth-order valence-electron chi connectivity index (χ4n) is 1.98. The van der Waals surface area contributed by atoms with Crippen LogP contribution in [0.3, 0.4) is 0 Å². The minimum absolute atomic E-state index is 0.0220. The van der Waals surface area contributed by atoms with E-state index < -0.39 is 36.5 Å². The third-order valence-corrected chi connectivity index (χ3v) is 5.70. The van der Waals surface area contributed by atoms with Gasteiger partial charge in [0.05, 0.1) is 21.3 Å². The number of halogens is 8. The lowest BCUT2D eigenvalue weighted by Gasteiger charge is -2.13. The van der Waals surface area contributed by atoms with Crippen molar-refractivity contribution in [2.24, 2.45) is 0 Å². The molecule has 138 valence electrons. The van der Waals surface area contributed by atoms with Crippen LogP contribution in [0.4, 0.5) is 23.4 Å². The molecular weight excluding hydrogens is 452 g/mol. The lowest BCUT2D eigenvalue weighted by atomic mass is 10.2. The molecule has 1 atom stereocenters. The number of alkyl halides is 6. The average Bonchev–Trinajstić information content (AvgIpc) is 2.70. The van der Waals surface area contributed by atoms with E-state index in [2.05, 4.69) is 5.10 Å². The Balaban J connectivity index is 2.68. The Kier molecular flexibility index (Phi) is 5.57. The van der Waals surface area contributed by atoms with Crippen LogP contribution in [-0.4, -0.2) is 17.9 Å². The van der Waals surface area contributed by atoms with Crippen molar-refractivity contribution in [3.8, 4) is 5.69 Å². The molecule has 1 unspecified atom stereocenters. The molecule has 4 nitrogen and oxygen atoms in total. The average molecular weight is 459 g/mol. The van der Waals surface area contributed by atoms with E-state index in [1.807, 2.05) is 0 Å². The Hall–Kier alpha value is -0.740. The van der Waals surface area contributed by atoms with Gasteiger partial charge in [-0.1, -0.05) is 46.4 Å². The summed E-state index contributed by atoms with van der Waals surface area (Å²) < 4.78 is 61.6. The van der Waals surface area contributed by atoms with Crippen LogP contribution in [0.25, 0.3) is 5.69 Å². The molecule has 0 saturated carbocycles. The molecule has 0 fully saturated rings. The van der Waals surface area contributed by atoms with Gasteiger partial charge in [0, 0.05) is 0 Å². The topological polar surface area (TPSA) is 60.9 Å². The van der Waals surface area contributed by atoms with Gasteiger partial charge < -0.3 is 5.73 Å². The predicted octanol–water partition coefficient (Wildman–Crippen LogP) is 5.25. The molecule has 0 spiro atoms. The molecule has 1 heterocycles. The maximum Gasteiger partial charge on any atom is 0.416 e. The van der Waals surface area contributed by atoms with Gasteiger partial charge in [0.1, 0.15) is 27.2 Å². The summed E-state index contributed by atoms with van der Waals surface area (Å²) in [4.78, 5) is -0.334. The van der Waals surface area contributed by atoms with Gasteiger partial charge in [-0.2, -0.15) is 22.7 Å². The fourth-order valence-corrected chi connectivity index (χ4v) is 3.90. The highest BCUT2D eigenvalue weighted by atomic mass is 35.5. The Morgan fingerprint density at radius 3 is 2.04 bits per heavy atom. The third kappa shape index (κ3) is 4.00. The van der Waals surface area contributed by atoms with Crippen LogP contribution in [0.2, 0.25) is 10.0 Å². The van der Waals surface area contributed by atoms with Crippen LogP contribution in [0.15, 0.2) is 17.0 Å². The van der Waals surface area contributed by atoms with Gasteiger partial charge in [0.2, 0.25) is 0 Å². The summed E-state index contributed by atoms with van der Waals surface area (Å²) in [6.07, 6.45) is -4.67. The first-order valence-corrected chi connectivity index (χ1v) is 8.81. The van der Waals surface area contributed by atoms with Crippen LogP contribution < -0.4 is 5.73 Å². The summed E-state index contributed by atoms with van der Waals surface area (Å²) in [6.45, 7) is 1.32. The highest BCUT2D eigenvalue weighted by molar-refractivity contribution is 7.89. The maximum absolute atomic E-state index is 13.5. The SMILES string of the molecule is Cc1nn(-c2c(Cl)cc(C(F)(F)F)cc2Cl)c(N)c1S(=O)C(F)(Cl)Cl. The number of hydrogen-bond donors (Lipinski definition) is 1.